The molecule has 2 aliphatic rings. The van der Waals surface area contributed by atoms with E-state index in [0.717, 1.165) is 22.9 Å². The maximum absolute atomic E-state index is 13.5. The summed E-state index contributed by atoms with van der Waals surface area (Å²) in [5, 5.41) is 15.0. The first-order valence-corrected chi connectivity index (χ1v) is 10.4. The van der Waals surface area contributed by atoms with Crippen LogP contribution < -0.4 is 5.56 Å². The van der Waals surface area contributed by atoms with E-state index in [-0.39, 0.29) is 36.3 Å². The van der Waals surface area contributed by atoms with Crippen molar-refractivity contribution in [3.05, 3.63) is 32.4 Å². The number of hydrogen-bond acceptors (Lipinski definition) is 6. The highest BCUT2D eigenvalue weighted by Crippen LogP contribution is 2.48. The Bertz CT molecular complexity index is 1080. The molecule has 7 nitrogen and oxygen atoms in total. The summed E-state index contributed by atoms with van der Waals surface area (Å²) in [4.78, 5) is 20.2. The van der Waals surface area contributed by atoms with Gasteiger partial charge in [0.1, 0.15) is 21.2 Å². The van der Waals surface area contributed by atoms with Gasteiger partial charge < -0.3 is 4.98 Å². The molecule has 2 atom stereocenters. The van der Waals surface area contributed by atoms with E-state index in [4.69, 9.17) is 4.98 Å². The Hall–Kier alpha value is -2.23. The molecule has 1 N–H and O–H groups in total. The zero-order valence-electron chi connectivity index (χ0n) is 15.4. The lowest BCUT2D eigenvalue weighted by atomic mass is 9.73. The molecule has 3 aromatic heterocycles. The highest BCUT2D eigenvalue weighted by atomic mass is 32.1. The predicted octanol–water partition coefficient (Wildman–Crippen LogP) is 3.69. The molecule has 148 valence electrons. The fraction of sp³-hybridized carbons (Fsp3) is 0.611. The van der Waals surface area contributed by atoms with Crippen molar-refractivity contribution in [2.45, 2.75) is 69.2 Å². The molecule has 28 heavy (non-hydrogen) atoms. The second-order valence-corrected chi connectivity index (χ2v) is 9.03. The largest absolute Gasteiger partial charge is 0.310 e. The van der Waals surface area contributed by atoms with Crippen LogP contribution in [0.5, 0.6) is 0 Å². The van der Waals surface area contributed by atoms with Gasteiger partial charge in [-0.05, 0) is 32.6 Å². The Morgan fingerprint density at radius 1 is 1.18 bits per heavy atom. The first-order valence-electron chi connectivity index (χ1n) is 9.56. The Balaban J connectivity index is 1.49. The van der Waals surface area contributed by atoms with Gasteiger partial charge in [-0.15, -0.1) is 21.5 Å². The molecule has 0 bridgehead atoms. The second-order valence-electron chi connectivity index (χ2n) is 7.81. The van der Waals surface area contributed by atoms with Crippen molar-refractivity contribution in [1.29, 1.82) is 0 Å². The van der Waals surface area contributed by atoms with Crippen molar-refractivity contribution < 1.29 is 8.78 Å². The van der Waals surface area contributed by atoms with Crippen LogP contribution in [0.4, 0.5) is 8.78 Å². The van der Waals surface area contributed by atoms with E-state index in [9.17, 15) is 13.6 Å². The molecule has 2 fully saturated rings. The highest BCUT2D eigenvalue weighted by molar-refractivity contribution is 7.11. The monoisotopic (exact) mass is 406 g/mol. The Kier molecular flexibility index (Phi) is 4.08. The van der Waals surface area contributed by atoms with E-state index in [0.29, 0.717) is 29.7 Å². The molecule has 5 rings (SSSR count). The number of nitrogens with one attached hydrogen (secondary N) is 1. The van der Waals surface area contributed by atoms with Gasteiger partial charge in [0.25, 0.3) is 5.56 Å². The molecule has 3 aromatic rings. The molecular formula is C18H20F2N6OS. The molecule has 0 aliphatic heterocycles. The predicted molar refractivity (Wildman–Crippen MR) is 100.0 cm³/mol. The highest BCUT2D eigenvalue weighted by Gasteiger charge is 2.39. The number of rotatable bonds is 3. The summed E-state index contributed by atoms with van der Waals surface area (Å²) in [5.41, 5.74) is 0.263. The standard InChI is InChI=1S/C18H20F2N6OS/c1-9-24-25-17(28-9)12-3-2-11(12)14-22-15-13(16(27)23-14)8-21-26(15)10-4-6-18(19,20)7-5-10/h8,10-12H,2-7H2,1H3,(H,22,23,27)/t11-,12?/m0/s1. The summed E-state index contributed by atoms with van der Waals surface area (Å²) >= 11 is 1.57. The molecule has 2 aliphatic carbocycles. The van der Waals surface area contributed by atoms with Crippen molar-refractivity contribution in [3.63, 3.8) is 0 Å². The summed E-state index contributed by atoms with van der Waals surface area (Å²) in [5.74, 6) is -1.68. The molecule has 0 spiro atoms. The van der Waals surface area contributed by atoms with E-state index in [1.807, 2.05) is 6.92 Å². The number of H-pyrrole nitrogens is 1. The summed E-state index contributed by atoms with van der Waals surface area (Å²) in [6, 6.07) is -0.151. The Morgan fingerprint density at radius 2 is 1.93 bits per heavy atom. The first-order chi connectivity index (χ1) is 13.4. The van der Waals surface area contributed by atoms with Crippen LogP contribution in [-0.2, 0) is 0 Å². The molecule has 3 heterocycles. The molecular weight excluding hydrogens is 386 g/mol. The third-order valence-corrected chi connectivity index (χ3v) is 6.97. The van der Waals surface area contributed by atoms with Crippen LogP contribution in [0.3, 0.4) is 0 Å². The van der Waals surface area contributed by atoms with Gasteiger partial charge in [0.15, 0.2) is 5.65 Å². The number of hydrogen-bond donors (Lipinski definition) is 1. The molecule has 0 saturated heterocycles. The molecule has 0 aromatic carbocycles. The van der Waals surface area contributed by atoms with Crippen LogP contribution >= 0.6 is 11.3 Å². The normalized spacial score (nSPS) is 25.1. The van der Waals surface area contributed by atoms with Crippen molar-refractivity contribution in [2.24, 2.45) is 0 Å². The maximum Gasteiger partial charge on any atom is 0.262 e. The zero-order valence-corrected chi connectivity index (χ0v) is 16.2. The Labute approximate surface area is 163 Å². The molecule has 0 amide bonds. The Morgan fingerprint density at radius 3 is 2.57 bits per heavy atom. The third-order valence-electron chi connectivity index (χ3n) is 6.00. The van der Waals surface area contributed by atoms with Crippen LogP contribution in [0.1, 0.15) is 72.2 Å². The van der Waals surface area contributed by atoms with E-state index < -0.39 is 5.92 Å². The van der Waals surface area contributed by atoms with E-state index in [2.05, 4.69) is 20.3 Å². The van der Waals surface area contributed by atoms with Gasteiger partial charge in [-0.3, -0.25) is 4.79 Å². The smallest absolute Gasteiger partial charge is 0.262 e. The van der Waals surface area contributed by atoms with Gasteiger partial charge in [-0.1, -0.05) is 0 Å². The van der Waals surface area contributed by atoms with Gasteiger partial charge in [-0.2, -0.15) is 5.10 Å². The van der Waals surface area contributed by atoms with Gasteiger partial charge >= 0.3 is 0 Å². The van der Waals surface area contributed by atoms with Crippen LogP contribution in [0.25, 0.3) is 11.0 Å². The minimum Gasteiger partial charge on any atom is -0.310 e. The lowest BCUT2D eigenvalue weighted by molar-refractivity contribution is -0.0446. The van der Waals surface area contributed by atoms with Gasteiger partial charge in [0, 0.05) is 24.7 Å². The number of nitrogens with zero attached hydrogens (tertiary/aromatic N) is 5. The fourth-order valence-corrected chi connectivity index (χ4v) is 5.15. The zero-order chi connectivity index (χ0) is 19.5. The maximum atomic E-state index is 13.5. The SMILES string of the molecule is Cc1nnc(C2CC[C@@H]2c2nc3c(cnn3C3CCC(F)(F)CC3)c(=O)[nH]2)s1. The lowest BCUT2D eigenvalue weighted by Crippen LogP contribution is -2.28. The minimum absolute atomic E-state index is 0.0866. The van der Waals surface area contributed by atoms with Crippen molar-refractivity contribution in [2.75, 3.05) is 0 Å². The number of aromatic nitrogens is 6. The van der Waals surface area contributed by atoms with Crippen molar-refractivity contribution >= 4 is 22.4 Å². The first kappa shape index (κ1) is 17.8. The number of aryl methyl sites for hydroxylation is 1. The average Bonchev–Trinajstić information content (AvgIpc) is 3.21. The van der Waals surface area contributed by atoms with Crippen molar-refractivity contribution in [1.82, 2.24) is 29.9 Å². The van der Waals surface area contributed by atoms with Crippen LogP contribution in [0.15, 0.2) is 11.0 Å². The van der Waals surface area contributed by atoms with Crippen LogP contribution in [-0.4, -0.2) is 35.9 Å². The third kappa shape index (κ3) is 2.94. The minimum atomic E-state index is -2.60. The summed E-state index contributed by atoms with van der Waals surface area (Å²) in [6.45, 7) is 1.92. The van der Waals surface area contributed by atoms with Crippen molar-refractivity contribution in [3.8, 4) is 0 Å². The molecule has 1 unspecified atom stereocenters. The van der Waals surface area contributed by atoms with Gasteiger partial charge in [-0.25, -0.2) is 18.4 Å². The molecule has 0 radical (unpaired) electrons. The average molecular weight is 406 g/mol. The summed E-state index contributed by atoms with van der Waals surface area (Å²) in [7, 11) is 0. The van der Waals surface area contributed by atoms with E-state index in [1.54, 1.807) is 16.0 Å². The quantitative estimate of drug-likeness (QED) is 0.717. The lowest BCUT2D eigenvalue weighted by Gasteiger charge is -2.34. The topological polar surface area (TPSA) is 89.3 Å². The van der Waals surface area contributed by atoms with Gasteiger partial charge in [0.05, 0.1) is 12.2 Å². The summed E-state index contributed by atoms with van der Waals surface area (Å²) in [6.07, 6.45) is 3.75. The number of aromatic amines is 1. The second kappa shape index (κ2) is 6.40. The van der Waals surface area contributed by atoms with E-state index >= 15 is 0 Å². The number of halogens is 2. The fourth-order valence-electron chi connectivity index (χ4n) is 4.25. The number of fused-ring (bicyclic) bond motifs is 1. The van der Waals surface area contributed by atoms with Crippen LogP contribution in [0, 0.1) is 6.92 Å². The van der Waals surface area contributed by atoms with Crippen LogP contribution in [0.2, 0.25) is 0 Å². The summed E-state index contributed by atoms with van der Waals surface area (Å²) < 4.78 is 28.7. The molecule has 10 heteroatoms. The number of alkyl halides is 2. The van der Waals surface area contributed by atoms with E-state index in [1.165, 1.54) is 6.20 Å². The molecule has 2 saturated carbocycles. The van der Waals surface area contributed by atoms with Gasteiger partial charge in [0.2, 0.25) is 5.92 Å².